The van der Waals surface area contributed by atoms with Crippen molar-refractivity contribution < 1.29 is 24.6 Å². The van der Waals surface area contributed by atoms with Gasteiger partial charge in [-0.2, -0.15) is 0 Å². The number of amides is 1. The summed E-state index contributed by atoms with van der Waals surface area (Å²) in [5.74, 6) is -2.96. The molecule has 1 amide bonds. The van der Waals surface area contributed by atoms with Gasteiger partial charge >= 0.3 is 11.9 Å². The maximum atomic E-state index is 11.9. The Hall–Kier alpha value is -2.41. The van der Waals surface area contributed by atoms with Gasteiger partial charge in [-0.25, -0.2) is 4.79 Å². The molecule has 0 aliphatic heterocycles. The van der Waals surface area contributed by atoms with Crippen molar-refractivity contribution in [3.63, 3.8) is 0 Å². The summed E-state index contributed by atoms with van der Waals surface area (Å²) in [6.07, 6.45) is -0.286. The molecule has 0 bridgehead atoms. The lowest BCUT2D eigenvalue weighted by atomic mass is 10.1. The third-order valence-electron chi connectivity index (χ3n) is 2.94. The van der Waals surface area contributed by atoms with Crippen molar-refractivity contribution in [2.45, 2.75) is 24.9 Å². The van der Waals surface area contributed by atoms with Crippen molar-refractivity contribution in [3.8, 4) is 0 Å². The Kier molecular flexibility index (Phi) is 6.35. The zero-order valence-corrected chi connectivity index (χ0v) is 11.6. The van der Waals surface area contributed by atoms with Gasteiger partial charge in [0.15, 0.2) is 0 Å². The van der Waals surface area contributed by atoms with Crippen LogP contribution < -0.4 is 10.6 Å². The maximum Gasteiger partial charge on any atom is 0.326 e. The second-order valence-corrected chi connectivity index (χ2v) is 4.53. The first-order valence-corrected chi connectivity index (χ1v) is 6.40. The number of hydrogen-bond donors (Lipinski definition) is 4. The van der Waals surface area contributed by atoms with Gasteiger partial charge in [-0.3, -0.25) is 9.59 Å². The molecule has 114 valence electrons. The van der Waals surface area contributed by atoms with Crippen molar-refractivity contribution in [2.24, 2.45) is 0 Å². The molecule has 0 heterocycles. The molecule has 4 N–H and O–H groups in total. The predicted octanol–water partition coefficient (Wildman–Crippen LogP) is -0.139. The van der Waals surface area contributed by atoms with E-state index >= 15 is 0 Å². The number of carboxylic acids is 2. The molecule has 2 atom stereocenters. The molecule has 0 aliphatic rings. The summed E-state index contributed by atoms with van der Waals surface area (Å²) >= 11 is 0. The molecular formula is C14H18N2O5. The fourth-order valence-electron chi connectivity index (χ4n) is 1.82. The van der Waals surface area contributed by atoms with E-state index in [1.165, 1.54) is 7.05 Å². The molecule has 1 aromatic carbocycles. The van der Waals surface area contributed by atoms with Gasteiger partial charge in [0.25, 0.3) is 0 Å². The second-order valence-electron chi connectivity index (χ2n) is 4.53. The summed E-state index contributed by atoms with van der Waals surface area (Å²) < 4.78 is 0. The van der Waals surface area contributed by atoms with E-state index < -0.39 is 36.4 Å². The van der Waals surface area contributed by atoms with Gasteiger partial charge in [-0.05, 0) is 12.6 Å². The van der Waals surface area contributed by atoms with E-state index in [0.717, 1.165) is 5.56 Å². The summed E-state index contributed by atoms with van der Waals surface area (Å²) in [6.45, 7) is 0. The van der Waals surface area contributed by atoms with Gasteiger partial charge in [-0.15, -0.1) is 0 Å². The van der Waals surface area contributed by atoms with E-state index in [0.29, 0.717) is 0 Å². The SMILES string of the molecule is CN[C@@H](CC(=O)O)C(=O)N[C@@H](Cc1ccccc1)C(=O)O. The molecule has 1 rings (SSSR count). The molecule has 21 heavy (non-hydrogen) atoms. The number of nitrogens with one attached hydrogen (secondary N) is 2. The third-order valence-corrected chi connectivity index (χ3v) is 2.94. The van der Waals surface area contributed by atoms with Crippen LogP contribution in [-0.2, 0) is 20.8 Å². The van der Waals surface area contributed by atoms with Crippen LogP contribution in [0.25, 0.3) is 0 Å². The molecule has 0 aliphatic carbocycles. The van der Waals surface area contributed by atoms with Crippen LogP contribution in [0.5, 0.6) is 0 Å². The van der Waals surface area contributed by atoms with Crippen LogP contribution in [0.4, 0.5) is 0 Å². The Labute approximate surface area is 122 Å². The minimum absolute atomic E-state index is 0.130. The minimum atomic E-state index is -1.17. The molecule has 7 heteroatoms. The summed E-state index contributed by atoms with van der Waals surface area (Å²) in [6, 6.07) is 6.80. The smallest absolute Gasteiger partial charge is 0.326 e. The third kappa shape index (κ3) is 5.62. The molecule has 0 saturated heterocycles. The van der Waals surface area contributed by atoms with Gasteiger partial charge < -0.3 is 20.8 Å². The van der Waals surface area contributed by atoms with Gasteiger partial charge in [-0.1, -0.05) is 30.3 Å². The number of likely N-dealkylation sites (N-methyl/N-ethyl adjacent to an activating group) is 1. The van der Waals surface area contributed by atoms with Crippen LogP contribution in [0, 0.1) is 0 Å². The highest BCUT2D eigenvalue weighted by atomic mass is 16.4. The Morgan fingerprint density at radius 3 is 2.19 bits per heavy atom. The highest BCUT2D eigenvalue weighted by Gasteiger charge is 2.26. The monoisotopic (exact) mass is 294 g/mol. The first kappa shape index (κ1) is 16.6. The Balaban J connectivity index is 2.71. The number of hydrogen-bond acceptors (Lipinski definition) is 4. The van der Waals surface area contributed by atoms with Crippen molar-refractivity contribution in [1.29, 1.82) is 0 Å². The molecule has 0 unspecified atom stereocenters. The van der Waals surface area contributed by atoms with E-state index in [1.54, 1.807) is 24.3 Å². The summed E-state index contributed by atoms with van der Waals surface area (Å²) in [5, 5.41) is 22.8. The van der Waals surface area contributed by atoms with Gasteiger partial charge in [0.1, 0.15) is 6.04 Å². The molecule has 1 aromatic rings. The lowest BCUT2D eigenvalue weighted by Gasteiger charge is -2.19. The van der Waals surface area contributed by atoms with E-state index in [-0.39, 0.29) is 6.42 Å². The molecule has 0 aromatic heterocycles. The van der Waals surface area contributed by atoms with E-state index in [2.05, 4.69) is 10.6 Å². The second kappa shape index (κ2) is 8.01. The Bertz CT molecular complexity index is 503. The Morgan fingerprint density at radius 2 is 1.71 bits per heavy atom. The Morgan fingerprint density at radius 1 is 1.10 bits per heavy atom. The summed E-state index contributed by atoms with van der Waals surface area (Å²) in [4.78, 5) is 33.8. The van der Waals surface area contributed by atoms with Gasteiger partial charge in [0, 0.05) is 6.42 Å². The van der Waals surface area contributed by atoms with Crippen LogP contribution >= 0.6 is 0 Å². The van der Waals surface area contributed by atoms with E-state index in [4.69, 9.17) is 10.2 Å². The molecule has 0 fully saturated rings. The number of carbonyl (C=O) groups is 3. The van der Waals surface area contributed by atoms with Crippen LogP contribution in [0.2, 0.25) is 0 Å². The van der Waals surface area contributed by atoms with Crippen molar-refractivity contribution >= 4 is 17.8 Å². The number of aliphatic carboxylic acids is 2. The zero-order chi connectivity index (χ0) is 15.8. The first-order chi connectivity index (χ1) is 9.93. The first-order valence-electron chi connectivity index (χ1n) is 6.40. The van der Waals surface area contributed by atoms with Crippen molar-refractivity contribution in [2.75, 3.05) is 7.05 Å². The molecule has 0 spiro atoms. The highest BCUT2D eigenvalue weighted by Crippen LogP contribution is 2.04. The normalized spacial score (nSPS) is 13.2. The van der Waals surface area contributed by atoms with E-state index in [1.807, 2.05) is 6.07 Å². The quantitative estimate of drug-likeness (QED) is 0.530. The topological polar surface area (TPSA) is 116 Å². The van der Waals surface area contributed by atoms with Gasteiger partial charge in [0.05, 0.1) is 12.5 Å². The average molecular weight is 294 g/mol. The fourth-order valence-corrected chi connectivity index (χ4v) is 1.82. The summed E-state index contributed by atoms with van der Waals surface area (Å²) in [5.41, 5.74) is 0.768. The standard InChI is InChI=1S/C14H18N2O5/c1-15-10(8-12(17)18)13(19)16-11(14(20)21)7-9-5-3-2-4-6-9/h2-6,10-11,15H,7-8H2,1H3,(H,16,19)(H,17,18)(H,20,21)/t10-,11-/m0/s1. The van der Waals surface area contributed by atoms with Crippen LogP contribution in [0.3, 0.4) is 0 Å². The molecule has 7 nitrogen and oxygen atoms in total. The van der Waals surface area contributed by atoms with Gasteiger partial charge in [0.2, 0.25) is 5.91 Å². The number of carbonyl (C=O) groups excluding carboxylic acids is 1. The lowest BCUT2D eigenvalue weighted by Crippen LogP contribution is -2.50. The van der Waals surface area contributed by atoms with Crippen LogP contribution in [0.1, 0.15) is 12.0 Å². The fraction of sp³-hybridized carbons (Fsp3) is 0.357. The zero-order valence-electron chi connectivity index (χ0n) is 11.6. The number of benzene rings is 1. The number of carboxylic acid groups (broad SMARTS) is 2. The maximum absolute atomic E-state index is 11.9. The lowest BCUT2D eigenvalue weighted by molar-refractivity contribution is -0.143. The predicted molar refractivity (Wildman–Crippen MR) is 74.8 cm³/mol. The number of rotatable bonds is 8. The van der Waals surface area contributed by atoms with Crippen LogP contribution in [0.15, 0.2) is 30.3 Å². The van der Waals surface area contributed by atoms with Crippen LogP contribution in [-0.4, -0.2) is 47.2 Å². The van der Waals surface area contributed by atoms with E-state index in [9.17, 15) is 14.4 Å². The largest absolute Gasteiger partial charge is 0.481 e. The highest BCUT2D eigenvalue weighted by molar-refractivity contribution is 5.89. The average Bonchev–Trinajstić information content (AvgIpc) is 2.44. The van der Waals surface area contributed by atoms with Crippen molar-refractivity contribution in [3.05, 3.63) is 35.9 Å². The molecular weight excluding hydrogens is 276 g/mol. The molecule has 0 saturated carbocycles. The summed E-state index contributed by atoms with van der Waals surface area (Å²) in [7, 11) is 1.44. The minimum Gasteiger partial charge on any atom is -0.481 e. The van der Waals surface area contributed by atoms with Crippen molar-refractivity contribution in [1.82, 2.24) is 10.6 Å². The molecule has 0 radical (unpaired) electrons.